The molecular formula is C26H24FN3O5. The molecule has 0 bridgehead atoms. The Morgan fingerprint density at radius 3 is 2.37 bits per heavy atom. The van der Waals surface area contributed by atoms with Crippen LogP contribution in [0, 0.1) is 12.7 Å². The molecule has 8 nitrogen and oxygen atoms in total. The molecule has 0 unspecified atom stereocenters. The summed E-state index contributed by atoms with van der Waals surface area (Å²) in [7, 11) is 0. The van der Waals surface area contributed by atoms with Gasteiger partial charge < -0.3 is 25.0 Å². The van der Waals surface area contributed by atoms with E-state index in [1.165, 1.54) is 17.0 Å². The summed E-state index contributed by atoms with van der Waals surface area (Å²) in [5.74, 6) is -0.764. The Hall–Kier alpha value is -4.40. The number of fused-ring (bicyclic) bond motifs is 1. The van der Waals surface area contributed by atoms with E-state index in [-0.39, 0.29) is 26.4 Å². The van der Waals surface area contributed by atoms with Crippen molar-refractivity contribution in [2.45, 2.75) is 13.5 Å². The Balaban J connectivity index is 1.41. The monoisotopic (exact) mass is 477 g/mol. The SMILES string of the molecule is Cc1ccc(NC(=O)CNC(=O)CN(Cc2ccc(F)cc2)C(=O)c2ccc3c(c2)OCO3)cc1. The molecule has 0 saturated carbocycles. The second-order valence-electron chi connectivity index (χ2n) is 8.05. The van der Waals surface area contributed by atoms with Crippen LogP contribution in [-0.2, 0) is 16.1 Å². The van der Waals surface area contributed by atoms with Crippen LogP contribution in [-0.4, -0.2) is 42.5 Å². The molecule has 9 heteroatoms. The molecule has 0 radical (unpaired) electrons. The minimum absolute atomic E-state index is 0.0660. The number of carbonyl (C=O) groups is 3. The largest absolute Gasteiger partial charge is 0.454 e. The molecule has 35 heavy (non-hydrogen) atoms. The molecule has 0 saturated heterocycles. The molecule has 0 aliphatic carbocycles. The topological polar surface area (TPSA) is 97.0 Å². The highest BCUT2D eigenvalue weighted by Crippen LogP contribution is 2.33. The van der Waals surface area contributed by atoms with Crippen molar-refractivity contribution in [3.05, 3.63) is 89.2 Å². The van der Waals surface area contributed by atoms with Crippen molar-refractivity contribution in [3.63, 3.8) is 0 Å². The van der Waals surface area contributed by atoms with Crippen LogP contribution in [0.25, 0.3) is 0 Å². The third-order valence-electron chi connectivity index (χ3n) is 5.31. The van der Waals surface area contributed by atoms with Gasteiger partial charge in [-0.15, -0.1) is 0 Å². The Morgan fingerprint density at radius 2 is 1.63 bits per heavy atom. The fourth-order valence-electron chi connectivity index (χ4n) is 3.47. The molecule has 0 aromatic heterocycles. The van der Waals surface area contributed by atoms with Crippen LogP contribution in [0.4, 0.5) is 10.1 Å². The number of rotatable bonds is 8. The average Bonchev–Trinajstić information content (AvgIpc) is 3.33. The predicted octanol–water partition coefficient (Wildman–Crippen LogP) is 3.26. The maximum absolute atomic E-state index is 13.3. The normalized spacial score (nSPS) is 11.6. The Morgan fingerprint density at radius 1 is 0.914 bits per heavy atom. The first-order valence-electron chi connectivity index (χ1n) is 10.9. The lowest BCUT2D eigenvalue weighted by molar-refractivity contribution is -0.124. The van der Waals surface area contributed by atoms with Crippen LogP contribution in [0.2, 0.25) is 0 Å². The third-order valence-corrected chi connectivity index (χ3v) is 5.31. The summed E-state index contributed by atoms with van der Waals surface area (Å²) in [5.41, 5.74) is 2.63. The molecule has 3 aromatic rings. The van der Waals surface area contributed by atoms with Crippen LogP contribution < -0.4 is 20.1 Å². The number of hydrogen-bond acceptors (Lipinski definition) is 5. The number of nitrogens with zero attached hydrogens (tertiary/aromatic N) is 1. The van der Waals surface area contributed by atoms with E-state index in [0.717, 1.165) is 5.56 Å². The van der Waals surface area contributed by atoms with E-state index in [9.17, 15) is 18.8 Å². The summed E-state index contributed by atoms with van der Waals surface area (Å²) < 4.78 is 24.0. The van der Waals surface area contributed by atoms with Crippen molar-refractivity contribution >= 4 is 23.4 Å². The van der Waals surface area contributed by atoms with Gasteiger partial charge >= 0.3 is 0 Å². The van der Waals surface area contributed by atoms with Crippen LogP contribution in [0.3, 0.4) is 0 Å². The summed E-state index contributed by atoms with van der Waals surface area (Å²) in [6.45, 7) is 1.52. The van der Waals surface area contributed by atoms with E-state index in [1.54, 1.807) is 42.5 Å². The standard InChI is InChI=1S/C26H24FN3O5/c1-17-2-9-21(10-3-17)29-24(31)13-28-25(32)15-30(14-18-4-7-20(27)8-5-18)26(33)19-6-11-22-23(12-19)35-16-34-22/h2-12H,13-16H2,1H3,(H,28,32)(H,29,31). The number of hydrogen-bond donors (Lipinski definition) is 2. The maximum atomic E-state index is 13.3. The molecule has 4 rings (SSSR count). The molecule has 1 aliphatic heterocycles. The van der Waals surface area contributed by atoms with Crippen LogP contribution in [0.5, 0.6) is 11.5 Å². The van der Waals surface area contributed by atoms with Gasteiger partial charge in [-0.25, -0.2) is 4.39 Å². The van der Waals surface area contributed by atoms with Gasteiger partial charge in [0.25, 0.3) is 5.91 Å². The Kier molecular flexibility index (Phi) is 7.25. The van der Waals surface area contributed by atoms with Crippen molar-refractivity contribution < 1.29 is 28.2 Å². The van der Waals surface area contributed by atoms with Gasteiger partial charge in [-0.2, -0.15) is 0 Å². The molecule has 180 valence electrons. The second-order valence-corrected chi connectivity index (χ2v) is 8.05. The number of halogens is 1. The smallest absolute Gasteiger partial charge is 0.254 e. The quantitative estimate of drug-likeness (QED) is 0.519. The predicted molar refractivity (Wildman–Crippen MR) is 127 cm³/mol. The highest BCUT2D eigenvalue weighted by atomic mass is 19.1. The Bertz CT molecular complexity index is 1230. The Labute approximate surface area is 201 Å². The van der Waals surface area contributed by atoms with Crippen molar-refractivity contribution in [1.82, 2.24) is 10.2 Å². The van der Waals surface area contributed by atoms with Gasteiger partial charge in [0.05, 0.1) is 6.54 Å². The van der Waals surface area contributed by atoms with Crippen molar-refractivity contribution in [2.24, 2.45) is 0 Å². The van der Waals surface area contributed by atoms with Gasteiger partial charge in [-0.05, 0) is 55.0 Å². The van der Waals surface area contributed by atoms with E-state index in [4.69, 9.17) is 9.47 Å². The molecule has 0 spiro atoms. The summed E-state index contributed by atoms with van der Waals surface area (Å²) in [5, 5.41) is 5.24. The van der Waals surface area contributed by atoms with Crippen LogP contribution >= 0.6 is 0 Å². The summed E-state index contributed by atoms with van der Waals surface area (Å²) in [6.07, 6.45) is 0. The van der Waals surface area contributed by atoms with Gasteiger partial charge in [-0.3, -0.25) is 14.4 Å². The number of carbonyl (C=O) groups excluding carboxylic acids is 3. The van der Waals surface area contributed by atoms with Gasteiger partial charge in [0.2, 0.25) is 18.6 Å². The molecule has 1 aliphatic rings. The number of aryl methyl sites for hydroxylation is 1. The fourth-order valence-corrected chi connectivity index (χ4v) is 3.47. The van der Waals surface area contributed by atoms with E-state index in [1.807, 2.05) is 19.1 Å². The summed E-state index contributed by atoms with van der Waals surface area (Å²) in [6, 6.07) is 17.7. The average molecular weight is 477 g/mol. The zero-order chi connectivity index (χ0) is 24.8. The molecule has 3 amide bonds. The van der Waals surface area contributed by atoms with E-state index < -0.39 is 23.5 Å². The fraction of sp³-hybridized carbons (Fsp3) is 0.192. The highest BCUT2D eigenvalue weighted by Gasteiger charge is 2.23. The number of anilines is 1. The van der Waals surface area contributed by atoms with Gasteiger partial charge in [0.1, 0.15) is 12.4 Å². The number of benzene rings is 3. The lowest BCUT2D eigenvalue weighted by atomic mass is 10.1. The second kappa shape index (κ2) is 10.7. The molecular weight excluding hydrogens is 453 g/mol. The number of nitrogens with one attached hydrogen (secondary N) is 2. The lowest BCUT2D eigenvalue weighted by Crippen LogP contribution is -2.42. The number of amides is 3. The molecule has 0 atom stereocenters. The van der Waals surface area contributed by atoms with E-state index in [2.05, 4.69) is 10.6 Å². The zero-order valence-corrected chi connectivity index (χ0v) is 19.0. The van der Waals surface area contributed by atoms with E-state index >= 15 is 0 Å². The number of ether oxygens (including phenoxy) is 2. The van der Waals surface area contributed by atoms with Crippen LogP contribution in [0.15, 0.2) is 66.7 Å². The van der Waals surface area contributed by atoms with Gasteiger partial charge in [0, 0.05) is 17.8 Å². The van der Waals surface area contributed by atoms with Crippen molar-refractivity contribution in [3.8, 4) is 11.5 Å². The minimum Gasteiger partial charge on any atom is -0.454 e. The minimum atomic E-state index is -0.514. The van der Waals surface area contributed by atoms with Crippen molar-refractivity contribution in [1.29, 1.82) is 0 Å². The van der Waals surface area contributed by atoms with E-state index in [0.29, 0.717) is 28.3 Å². The summed E-state index contributed by atoms with van der Waals surface area (Å²) in [4.78, 5) is 39.4. The molecule has 2 N–H and O–H groups in total. The van der Waals surface area contributed by atoms with Gasteiger partial charge in [-0.1, -0.05) is 29.8 Å². The van der Waals surface area contributed by atoms with Crippen molar-refractivity contribution in [2.75, 3.05) is 25.2 Å². The highest BCUT2D eigenvalue weighted by molar-refractivity contribution is 5.98. The summed E-state index contributed by atoms with van der Waals surface area (Å²) >= 11 is 0. The van der Waals surface area contributed by atoms with Gasteiger partial charge in [0.15, 0.2) is 11.5 Å². The molecule has 3 aromatic carbocycles. The first-order chi connectivity index (χ1) is 16.9. The zero-order valence-electron chi connectivity index (χ0n) is 19.0. The first-order valence-corrected chi connectivity index (χ1v) is 10.9. The molecule has 1 heterocycles. The third kappa shape index (κ3) is 6.35. The molecule has 0 fully saturated rings. The van der Waals surface area contributed by atoms with Crippen LogP contribution in [0.1, 0.15) is 21.5 Å². The maximum Gasteiger partial charge on any atom is 0.254 e. The first kappa shape index (κ1) is 23.7. The lowest BCUT2D eigenvalue weighted by Gasteiger charge is -2.22.